The van der Waals surface area contributed by atoms with Crippen LogP contribution in [0.1, 0.15) is 5.56 Å². The van der Waals surface area contributed by atoms with Crippen molar-refractivity contribution in [2.45, 2.75) is 0 Å². The Morgan fingerprint density at radius 2 is 1.92 bits per heavy atom. The largest absolute Gasteiger partial charge is 0.458 e. The Hall–Kier alpha value is -1.84. The highest BCUT2D eigenvalue weighted by Gasteiger charge is 2.08. The summed E-state index contributed by atoms with van der Waals surface area (Å²) in [7, 11) is 0. The molecule has 2 N–H and O–H groups in total. The van der Waals surface area contributed by atoms with Gasteiger partial charge in [0.1, 0.15) is 12.3 Å². The number of benzene rings is 1. The predicted molar refractivity (Wildman–Crippen MR) is 50.6 cm³/mol. The Morgan fingerprint density at radius 1 is 1.15 bits per heavy atom. The molecule has 0 saturated heterocycles. The molecule has 0 amide bonds. The molecule has 1 aliphatic heterocycles. The summed E-state index contributed by atoms with van der Waals surface area (Å²) in [6.45, 7) is 0.388. The molecular formula is C9H9N3O. The molecule has 0 unspecified atom stereocenters. The van der Waals surface area contributed by atoms with Gasteiger partial charge in [-0.2, -0.15) is 0 Å². The van der Waals surface area contributed by atoms with Crippen molar-refractivity contribution in [2.24, 2.45) is 15.9 Å². The third-order valence-corrected chi connectivity index (χ3v) is 1.73. The molecule has 1 aliphatic rings. The smallest absolute Gasteiger partial charge is 0.306 e. The van der Waals surface area contributed by atoms with Gasteiger partial charge in [-0.25, -0.2) is 0 Å². The van der Waals surface area contributed by atoms with Crippen LogP contribution >= 0.6 is 0 Å². The van der Waals surface area contributed by atoms with Crippen LogP contribution in [0.5, 0.6) is 0 Å². The molecule has 4 nitrogen and oxygen atoms in total. The summed E-state index contributed by atoms with van der Waals surface area (Å²) in [5.41, 5.74) is 7.11. The van der Waals surface area contributed by atoms with E-state index in [2.05, 4.69) is 10.2 Å². The molecule has 0 radical (unpaired) electrons. The van der Waals surface area contributed by atoms with Crippen molar-refractivity contribution in [1.82, 2.24) is 0 Å². The van der Waals surface area contributed by atoms with Gasteiger partial charge in [0.15, 0.2) is 0 Å². The molecule has 0 saturated carbocycles. The minimum Gasteiger partial charge on any atom is -0.458 e. The maximum atomic E-state index is 5.30. The van der Waals surface area contributed by atoms with E-state index in [9.17, 15) is 0 Å². The van der Waals surface area contributed by atoms with Crippen LogP contribution in [0.15, 0.2) is 40.5 Å². The molecule has 1 heterocycles. The highest BCUT2D eigenvalue weighted by atomic mass is 16.5. The van der Waals surface area contributed by atoms with Gasteiger partial charge in [0, 0.05) is 5.56 Å². The summed E-state index contributed by atoms with van der Waals surface area (Å²) in [5, 5.41) is 7.58. The van der Waals surface area contributed by atoms with E-state index in [1.807, 2.05) is 30.3 Å². The molecule has 4 heteroatoms. The number of ether oxygens (including phenoxy) is 1. The zero-order valence-electron chi connectivity index (χ0n) is 6.97. The zero-order valence-corrected chi connectivity index (χ0v) is 6.97. The van der Waals surface area contributed by atoms with Gasteiger partial charge in [-0.15, -0.1) is 5.10 Å². The van der Waals surface area contributed by atoms with Crippen LogP contribution in [0.4, 0.5) is 0 Å². The standard InChI is InChI=1S/C9H9N3O/c10-9-12-11-8(6-13-9)7-4-2-1-3-5-7/h1-5H,6H2,(H2,10,12). The van der Waals surface area contributed by atoms with Crippen molar-refractivity contribution < 1.29 is 4.74 Å². The molecular weight excluding hydrogens is 166 g/mol. The van der Waals surface area contributed by atoms with Crippen molar-refractivity contribution in [3.63, 3.8) is 0 Å². The molecule has 0 aliphatic carbocycles. The lowest BCUT2D eigenvalue weighted by Crippen LogP contribution is -2.24. The summed E-state index contributed by atoms with van der Waals surface area (Å²) < 4.78 is 5.04. The molecule has 0 fully saturated rings. The summed E-state index contributed by atoms with van der Waals surface area (Å²) in [4.78, 5) is 0. The maximum absolute atomic E-state index is 5.30. The Bertz CT molecular complexity index is 356. The maximum Gasteiger partial charge on any atom is 0.306 e. The van der Waals surface area contributed by atoms with Gasteiger partial charge in [0.05, 0.1) is 0 Å². The van der Waals surface area contributed by atoms with Crippen molar-refractivity contribution >= 4 is 11.7 Å². The van der Waals surface area contributed by atoms with Crippen LogP contribution in [-0.4, -0.2) is 18.3 Å². The number of nitrogens with zero attached hydrogens (tertiary/aromatic N) is 2. The van der Waals surface area contributed by atoms with Crippen LogP contribution in [0.25, 0.3) is 0 Å². The van der Waals surface area contributed by atoms with Crippen molar-refractivity contribution in [1.29, 1.82) is 0 Å². The van der Waals surface area contributed by atoms with E-state index in [0.717, 1.165) is 11.3 Å². The van der Waals surface area contributed by atoms with Crippen LogP contribution in [-0.2, 0) is 4.74 Å². The van der Waals surface area contributed by atoms with Crippen LogP contribution in [0.3, 0.4) is 0 Å². The first kappa shape index (κ1) is 7.79. The molecule has 13 heavy (non-hydrogen) atoms. The minimum absolute atomic E-state index is 0.125. The lowest BCUT2D eigenvalue weighted by atomic mass is 10.1. The Labute approximate surface area is 75.7 Å². The zero-order chi connectivity index (χ0) is 9.10. The van der Waals surface area contributed by atoms with Gasteiger partial charge < -0.3 is 10.5 Å². The molecule has 1 aromatic rings. The lowest BCUT2D eigenvalue weighted by Gasteiger charge is -2.10. The second kappa shape index (κ2) is 3.26. The van der Waals surface area contributed by atoms with Gasteiger partial charge in [-0.05, 0) is 0 Å². The van der Waals surface area contributed by atoms with E-state index in [1.165, 1.54) is 0 Å². The number of hydrogen-bond acceptors (Lipinski definition) is 4. The Kier molecular flexibility index (Phi) is 1.96. The predicted octanol–water partition coefficient (Wildman–Crippen LogP) is 0.736. The quantitative estimate of drug-likeness (QED) is 0.684. The van der Waals surface area contributed by atoms with Gasteiger partial charge in [0.25, 0.3) is 0 Å². The highest BCUT2D eigenvalue weighted by molar-refractivity contribution is 6.03. The first-order valence-corrected chi connectivity index (χ1v) is 3.94. The molecule has 66 valence electrons. The summed E-state index contributed by atoms with van der Waals surface area (Å²) >= 11 is 0. The number of amidine groups is 1. The fourth-order valence-corrected chi connectivity index (χ4v) is 1.08. The van der Waals surface area contributed by atoms with Gasteiger partial charge in [-0.3, -0.25) is 0 Å². The SMILES string of the molecule is NC1=NN=C(c2ccccc2)CO1. The first-order chi connectivity index (χ1) is 6.36. The topological polar surface area (TPSA) is 60.0 Å². The van der Waals surface area contributed by atoms with Crippen LogP contribution < -0.4 is 5.73 Å². The van der Waals surface area contributed by atoms with Crippen LogP contribution in [0.2, 0.25) is 0 Å². The van der Waals surface area contributed by atoms with Crippen molar-refractivity contribution in [3.8, 4) is 0 Å². The molecule has 0 spiro atoms. The normalized spacial score (nSPS) is 15.7. The number of hydrogen-bond donors (Lipinski definition) is 1. The fourth-order valence-electron chi connectivity index (χ4n) is 1.08. The summed E-state index contributed by atoms with van der Waals surface area (Å²) in [6, 6.07) is 9.88. The molecule has 0 atom stereocenters. The summed E-state index contributed by atoms with van der Waals surface area (Å²) in [5.74, 6) is 0. The fraction of sp³-hybridized carbons (Fsp3) is 0.111. The lowest BCUT2D eigenvalue weighted by molar-refractivity contribution is 0.350. The van der Waals surface area contributed by atoms with E-state index in [1.54, 1.807) is 0 Å². The third-order valence-electron chi connectivity index (χ3n) is 1.73. The Balaban J connectivity index is 2.29. The molecule has 0 bridgehead atoms. The van der Waals surface area contributed by atoms with Crippen molar-refractivity contribution in [3.05, 3.63) is 35.9 Å². The molecule has 0 aromatic heterocycles. The second-order valence-corrected chi connectivity index (χ2v) is 2.64. The van der Waals surface area contributed by atoms with Crippen molar-refractivity contribution in [2.75, 3.05) is 6.61 Å². The number of rotatable bonds is 1. The van der Waals surface area contributed by atoms with E-state index in [0.29, 0.717) is 6.61 Å². The monoisotopic (exact) mass is 175 g/mol. The van der Waals surface area contributed by atoms with Gasteiger partial charge in [-0.1, -0.05) is 35.4 Å². The third kappa shape index (κ3) is 1.66. The Morgan fingerprint density at radius 3 is 2.54 bits per heavy atom. The molecule has 2 rings (SSSR count). The van der Waals surface area contributed by atoms with E-state index >= 15 is 0 Å². The van der Waals surface area contributed by atoms with E-state index in [4.69, 9.17) is 10.5 Å². The van der Waals surface area contributed by atoms with E-state index < -0.39 is 0 Å². The molecule has 1 aromatic carbocycles. The first-order valence-electron chi connectivity index (χ1n) is 3.94. The van der Waals surface area contributed by atoms with E-state index in [-0.39, 0.29) is 6.02 Å². The summed E-state index contributed by atoms with van der Waals surface area (Å²) in [6.07, 6.45) is 0. The highest BCUT2D eigenvalue weighted by Crippen LogP contribution is 2.04. The second-order valence-electron chi connectivity index (χ2n) is 2.64. The average Bonchev–Trinajstić information content (AvgIpc) is 2.20. The van der Waals surface area contributed by atoms with Gasteiger partial charge >= 0.3 is 6.02 Å². The van der Waals surface area contributed by atoms with Crippen LogP contribution in [0, 0.1) is 0 Å². The number of nitrogens with two attached hydrogens (primary N) is 1. The average molecular weight is 175 g/mol. The van der Waals surface area contributed by atoms with Gasteiger partial charge in [0.2, 0.25) is 0 Å². The minimum atomic E-state index is 0.125.